The third-order valence-corrected chi connectivity index (χ3v) is 11.0. The van der Waals surface area contributed by atoms with E-state index in [9.17, 15) is 0 Å². The van der Waals surface area contributed by atoms with Crippen molar-refractivity contribution in [1.29, 1.82) is 0 Å². The number of hydrogen-bond donors (Lipinski definition) is 1. The molecular formula is C10H25NO3Sn. The molecule has 15 heavy (non-hydrogen) atoms. The molecule has 0 aliphatic heterocycles. The van der Waals surface area contributed by atoms with E-state index in [4.69, 9.17) is 9.22 Å². The quantitative estimate of drug-likeness (QED) is 0.489. The first-order valence-corrected chi connectivity index (χ1v) is 11.3. The van der Waals surface area contributed by atoms with Crippen LogP contribution in [0.4, 0.5) is 0 Å². The van der Waals surface area contributed by atoms with Crippen LogP contribution in [0.1, 0.15) is 27.2 Å². The van der Waals surface area contributed by atoms with Gasteiger partial charge in [0.05, 0.1) is 0 Å². The molecule has 0 spiro atoms. The molecule has 0 heterocycles. The van der Waals surface area contributed by atoms with Crippen LogP contribution < -0.4 is 5.32 Å². The van der Waals surface area contributed by atoms with Crippen LogP contribution in [0, 0.1) is 0 Å². The third kappa shape index (κ3) is 6.73. The first-order valence-electron chi connectivity index (χ1n) is 5.81. The van der Waals surface area contributed by atoms with Crippen molar-refractivity contribution in [3.8, 4) is 0 Å². The van der Waals surface area contributed by atoms with E-state index in [-0.39, 0.29) is 0 Å². The van der Waals surface area contributed by atoms with E-state index in [2.05, 4.69) is 5.32 Å². The van der Waals surface area contributed by atoms with Gasteiger partial charge in [0.15, 0.2) is 0 Å². The summed E-state index contributed by atoms with van der Waals surface area (Å²) in [5, 5.41) is 3.13. The van der Waals surface area contributed by atoms with E-state index in [1.165, 1.54) is 0 Å². The van der Waals surface area contributed by atoms with E-state index >= 15 is 0 Å². The summed E-state index contributed by atoms with van der Waals surface area (Å²) >= 11 is -3.16. The maximum absolute atomic E-state index is 5.79. The molecule has 0 aromatic heterocycles. The van der Waals surface area contributed by atoms with Gasteiger partial charge in [-0.25, -0.2) is 0 Å². The topological polar surface area (TPSA) is 39.7 Å². The van der Waals surface area contributed by atoms with Gasteiger partial charge in [-0.05, 0) is 0 Å². The van der Waals surface area contributed by atoms with Gasteiger partial charge >= 0.3 is 99.2 Å². The van der Waals surface area contributed by atoms with E-state index in [0.29, 0.717) is 19.8 Å². The molecule has 0 aromatic carbocycles. The Morgan fingerprint density at radius 2 is 1.40 bits per heavy atom. The summed E-state index contributed by atoms with van der Waals surface area (Å²) in [7, 11) is 1.96. The van der Waals surface area contributed by atoms with Crippen LogP contribution >= 0.6 is 0 Å². The molecule has 0 amide bonds. The van der Waals surface area contributed by atoms with Crippen LogP contribution in [0.5, 0.6) is 0 Å². The SMILES string of the molecule is CC[O][Sn]([CH2]CCNC)([O]CC)[O]CC. The van der Waals surface area contributed by atoms with Gasteiger partial charge in [0.2, 0.25) is 0 Å². The Kier molecular flexibility index (Phi) is 10.3. The Labute approximate surface area is 99.2 Å². The molecule has 0 rings (SSSR count). The Morgan fingerprint density at radius 3 is 1.73 bits per heavy atom. The van der Waals surface area contributed by atoms with Crippen molar-refractivity contribution in [3.05, 3.63) is 0 Å². The van der Waals surface area contributed by atoms with Crippen molar-refractivity contribution < 1.29 is 9.22 Å². The molecule has 0 atom stereocenters. The predicted molar refractivity (Wildman–Crippen MR) is 64.0 cm³/mol. The Hall–Kier alpha value is 0.639. The first kappa shape index (κ1) is 15.6. The second-order valence-electron chi connectivity index (χ2n) is 3.19. The Bertz CT molecular complexity index is 130. The Morgan fingerprint density at radius 1 is 0.933 bits per heavy atom. The van der Waals surface area contributed by atoms with Crippen molar-refractivity contribution in [2.75, 3.05) is 33.4 Å². The zero-order chi connectivity index (χ0) is 11.6. The molecule has 0 bridgehead atoms. The predicted octanol–water partition coefficient (Wildman–Crippen LogP) is 1.64. The van der Waals surface area contributed by atoms with Gasteiger partial charge in [0, 0.05) is 0 Å². The summed E-state index contributed by atoms with van der Waals surface area (Å²) in [4.78, 5) is 0. The average molecular weight is 326 g/mol. The molecule has 4 nitrogen and oxygen atoms in total. The van der Waals surface area contributed by atoms with Crippen molar-refractivity contribution >= 4 is 19.6 Å². The first-order chi connectivity index (χ1) is 7.24. The van der Waals surface area contributed by atoms with Gasteiger partial charge in [-0.2, -0.15) is 0 Å². The fourth-order valence-electron chi connectivity index (χ4n) is 1.48. The average Bonchev–Trinajstić information content (AvgIpc) is 2.19. The second-order valence-corrected chi connectivity index (χ2v) is 11.0. The Balaban J connectivity index is 4.18. The maximum atomic E-state index is 5.79. The summed E-state index contributed by atoms with van der Waals surface area (Å²) in [6.07, 6.45) is 1.06. The molecule has 1 N–H and O–H groups in total. The molecule has 0 aromatic rings. The van der Waals surface area contributed by atoms with Gasteiger partial charge < -0.3 is 0 Å². The van der Waals surface area contributed by atoms with Gasteiger partial charge in [0.1, 0.15) is 0 Å². The van der Waals surface area contributed by atoms with Crippen LogP contribution in [0.15, 0.2) is 0 Å². The number of rotatable bonds is 10. The molecule has 0 saturated heterocycles. The van der Waals surface area contributed by atoms with Crippen molar-refractivity contribution in [2.45, 2.75) is 31.6 Å². The molecule has 0 aliphatic carbocycles. The monoisotopic (exact) mass is 327 g/mol. The van der Waals surface area contributed by atoms with E-state index < -0.39 is 19.6 Å². The molecule has 92 valence electrons. The van der Waals surface area contributed by atoms with Gasteiger partial charge in [-0.1, -0.05) is 0 Å². The summed E-state index contributed by atoms with van der Waals surface area (Å²) in [6, 6.07) is 0. The van der Waals surface area contributed by atoms with Crippen LogP contribution in [-0.4, -0.2) is 53.0 Å². The second kappa shape index (κ2) is 9.84. The van der Waals surface area contributed by atoms with E-state index in [0.717, 1.165) is 17.4 Å². The minimum absolute atomic E-state index is 0.690. The van der Waals surface area contributed by atoms with Crippen molar-refractivity contribution in [3.63, 3.8) is 0 Å². The zero-order valence-corrected chi connectivity index (χ0v) is 13.3. The zero-order valence-electron chi connectivity index (χ0n) is 10.5. The number of hydrogen-bond acceptors (Lipinski definition) is 4. The number of nitrogens with one attached hydrogen (secondary N) is 1. The van der Waals surface area contributed by atoms with Crippen LogP contribution in [0.2, 0.25) is 4.44 Å². The van der Waals surface area contributed by atoms with Crippen molar-refractivity contribution in [2.24, 2.45) is 0 Å². The summed E-state index contributed by atoms with van der Waals surface area (Å²) in [5.41, 5.74) is 0. The van der Waals surface area contributed by atoms with E-state index in [1.807, 2.05) is 27.8 Å². The molecule has 0 radical (unpaired) electrons. The van der Waals surface area contributed by atoms with Crippen LogP contribution in [-0.2, 0) is 9.22 Å². The third-order valence-electron chi connectivity index (χ3n) is 2.00. The molecular weight excluding hydrogens is 301 g/mol. The standard InChI is InChI=1S/C4H10N.3C2H5O.Sn/c1-3-4-5-2;3*1-2-3;/h5H,1,3-4H2,2H3;3*2H2,1H3;/q;3*-1;+3. The van der Waals surface area contributed by atoms with Crippen LogP contribution in [0.3, 0.4) is 0 Å². The van der Waals surface area contributed by atoms with E-state index in [1.54, 1.807) is 0 Å². The van der Waals surface area contributed by atoms with Gasteiger partial charge in [-0.3, -0.25) is 0 Å². The van der Waals surface area contributed by atoms with Gasteiger partial charge in [-0.15, -0.1) is 0 Å². The fraction of sp³-hybridized carbons (Fsp3) is 1.00. The summed E-state index contributed by atoms with van der Waals surface area (Å²) in [6.45, 7) is 9.07. The van der Waals surface area contributed by atoms with Crippen LogP contribution in [0.25, 0.3) is 0 Å². The van der Waals surface area contributed by atoms with Crippen molar-refractivity contribution in [1.82, 2.24) is 5.32 Å². The normalized spacial score (nSPS) is 12.0. The summed E-state index contributed by atoms with van der Waals surface area (Å²) in [5.74, 6) is 0. The molecule has 0 aliphatic rings. The van der Waals surface area contributed by atoms with Gasteiger partial charge in [0.25, 0.3) is 0 Å². The summed E-state index contributed by atoms with van der Waals surface area (Å²) < 4.78 is 18.3. The molecule has 0 saturated carbocycles. The fourth-order valence-corrected chi connectivity index (χ4v) is 8.94. The molecule has 0 unspecified atom stereocenters. The minimum atomic E-state index is -3.16. The molecule has 5 heteroatoms. The molecule has 0 fully saturated rings.